The van der Waals surface area contributed by atoms with Gasteiger partial charge in [-0.15, -0.1) is 0 Å². The largest absolute Gasteiger partial charge is 0.488 e. The van der Waals surface area contributed by atoms with Gasteiger partial charge in [0.15, 0.2) is 0 Å². The number of hydrogen-bond donors (Lipinski definition) is 3. The number of rotatable bonds is 3. The summed E-state index contributed by atoms with van der Waals surface area (Å²) in [6, 6.07) is 6.25. The van der Waals surface area contributed by atoms with E-state index < -0.39 is 13.1 Å². The van der Waals surface area contributed by atoms with Crippen LogP contribution in [-0.2, 0) is 4.79 Å². The molecule has 0 aliphatic heterocycles. The van der Waals surface area contributed by atoms with Gasteiger partial charge in [-0.25, -0.2) is 4.79 Å². The van der Waals surface area contributed by atoms with Crippen LogP contribution in [0.1, 0.15) is 5.56 Å². The van der Waals surface area contributed by atoms with E-state index in [0.717, 1.165) is 6.08 Å². The van der Waals surface area contributed by atoms with Gasteiger partial charge < -0.3 is 15.2 Å². The van der Waals surface area contributed by atoms with Crippen molar-refractivity contribution in [2.24, 2.45) is 0 Å². The predicted octanol–water partition coefficient (Wildman–Crippen LogP) is -0.536. The molecule has 0 saturated heterocycles. The van der Waals surface area contributed by atoms with E-state index in [1.165, 1.54) is 18.2 Å². The van der Waals surface area contributed by atoms with Gasteiger partial charge in [-0.1, -0.05) is 24.3 Å². The molecule has 0 aromatic heterocycles. The number of aliphatic carboxylic acids is 1. The lowest BCUT2D eigenvalue weighted by Crippen LogP contribution is -2.29. The Morgan fingerprint density at radius 1 is 1.21 bits per heavy atom. The third-order valence-corrected chi connectivity index (χ3v) is 1.65. The standard InChI is InChI=1S/C9H9BO4/c11-9(12)6-3-7-1-4-8(5-2-7)10(13)14/h1-6,13-14H,(H,11,12)/b6-3-. The van der Waals surface area contributed by atoms with E-state index in [4.69, 9.17) is 15.2 Å². The second-order valence-corrected chi connectivity index (χ2v) is 2.71. The van der Waals surface area contributed by atoms with Crippen molar-refractivity contribution in [3.8, 4) is 0 Å². The second-order valence-electron chi connectivity index (χ2n) is 2.71. The lowest BCUT2D eigenvalue weighted by molar-refractivity contribution is -0.131. The van der Waals surface area contributed by atoms with E-state index in [1.807, 2.05) is 0 Å². The fraction of sp³-hybridized carbons (Fsp3) is 0. The zero-order chi connectivity index (χ0) is 10.6. The van der Waals surface area contributed by atoms with E-state index in [1.54, 1.807) is 12.1 Å². The minimum atomic E-state index is -1.49. The van der Waals surface area contributed by atoms with Gasteiger partial charge in [0.25, 0.3) is 0 Å². The molecule has 0 radical (unpaired) electrons. The number of benzene rings is 1. The molecule has 1 aromatic carbocycles. The van der Waals surface area contributed by atoms with Crippen LogP contribution in [0.3, 0.4) is 0 Å². The summed E-state index contributed by atoms with van der Waals surface area (Å²) in [4.78, 5) is 10.2. The number of carbonyl (C=O) groups is 1. The first-order valence-corrected chi connectivity index (χ1v) is 3.96. The first kappa shape index (κ1) is 10.5. The smallest absolute Gasteiger partial charge is 0.478 e. The highest BCUT2D eigenvalue weighted by Gasteiger charge is 2.08. The molecule has 0 fully saturated rings. The molecule has 14 heavy (non-hydrogen) atoms. The summed E-state index contributed by atoms with van der Waals surface area (Å²) in [5.74, 6) is -1.02. The first-order valence-electron chi connectivity index (χ1n) is 3.96. The summed E-state index contributed by atoms with van der Waals surface area (Å²) in [5, 5.41) is 25.9. The average molecular weight is 192 g/mol. The van der Waals surface area contributed by atoms with Crippen LogP contribution in [0.5, 0.6) is 0 Å². The predicted molar refractivity (Wildman–Crippen MR) is 52.9 cm³/mol. The van der Waals surface area contributed by atoms with Crippen molar-refractivity contribution in [1.82, 2.24) is 0 Å². The van der Waals surface area contributed by atoms with Crippen molar-refractivity contribution in [2.75, 3.05) is 0 Å². The Balaban J connectivity index is 2.78. The summed E-state index contributed by atoms with van der Waals surface area (Å²) in [7, 11) is -1.49. The van der Waals surface area contributed by atoms with Gasteiger partial charge >= 0.3 is 13.1 Å². The maximum absolute atomic E-state index is 10.2. The molecule has 3 N–H and O–H groups in total. The molecule has 0 atom stereocenters. The Kier molecular flexibility index (Phi) is 3.44. The van der Waals surface area contributed by atoms with Crippen LogP contribution in [0.2, 0.25) is 0 Å². The van der Waals surface area contributed by atoms with Gasteiger partial charge in [0.1, 0.15) is 0 Å². The van der Waals surface area contributed by atoms with E-state index in [9.17, 15) is 4.79 Å². The molecule has 5 heteroatoms. The van der Waals surface area contributed by atoms with Crippen LogP contribution in [-0.4, -0.2) is 28.2 Å². The van der Waals surface area contributed by atoms with Gasteiger partial charge in [-0.3, -0.25) is 0 Å². The third-order valence-electron chi connectivity index (χ3n) is 1.65. The van der Waals surface area contributed by atoms with Crippen molar-refractivity contribution >= 4 is 24.6 Å². The number of hydrogen-bond acceptors (Lipinski definition) is 3. The second kappa shape index (κ2) is 4.60. The first-order chi connectivity index (χ1) is 6.59. The highest BCUT2D eigenvalue weighted by molar-refractivity contribution is 6.58. The minimum Gasteiger partial charge on any atom is -0.478 e. The lowest BCUT2D eigenvalue weighted by atomic mass is 9.80. The van der Waals surface area contributed by atoms with E-state index >= 15 is 0 Å². The fourth-order valence-corrected chi connectivity index (χ4v) is 0.947. The molecule has 0 spiro atoms. The van der Waals surface area contributed by atoms with Gasteiger partial charge in [0.05, 0.1) is 0 Å². The molecule has 0 bridgehead atoms. The highest BCUT2D eigenvalue weighted by Crippen LogP contribution is 1.99. The van der Waals surface area contributed by atoms with Gasteiger partial charge in [0.2, 0.25) is 0 Å². The summed E-state index contributed by atoms with van der Waals surface area (Å²) >= 11 is 0. The summed E-state index contributed by atoms with van der Waals surface area (Å²) in [6.45, 7) is 0. The van der Waals surface area contributed by atoms with E-state index in [0.29, 0.717) is 11.0 Å². The molecule has 0 unspecified atom stereocenters. The van der Waals surface area contributed by atoms with Crippen molar-refractivity contribution in [2.45, 2.75) is 0 Å². The molecular formula is C9H9BO4. The van der Waals surface area contributed by atoms with Crippen LogP contribution in [0.15, 0.2) is 30.3 Å². The molecule has 72 valence electrons. The molecule has 0 amide bonds. The van der Waals surface area contributed by atoms with E-state index in [-0.39, 0.29) is 0 Å². The summed E-state index contributed by atoms with van der Waals surface area (Å²) in [6.07, 6.45) is 2.44. The number of carboxylic acid groups (broad SMARTS) is 1. The molecule has 4 nitrogen and oxygen atoms in total. The Hall–Kier alpha value is -1.59. The number of carboxylic acids is 1. The normalized spacial score (nSPS) is 10.4. The molecule has 0 saturated carbocycles. The third kappa shape index (κ3) is 3.04. The van der Waals surface area contributed by atoms with Crippen LogP contribution in [0.25, 0.3) is 6.08 Å². The summed E-state index contributed by atoms with van der Waals surface area (Å²) in [5.41, 5.74) is 1.06. The lowest BCUT2D eigenvalue weighted by Gasteiger charge is -1.98. The molecular weight excluding hydrogens is 183 g/mol. The van der Waals surface area contributed by atoms with Gasteiger partial charge in [-0.05, 0) is 17.1 Å². The zero-order valence-corrected chi connectivity index (χ0v) is 7.29. The molecule has 1 aromatic rings. The van der Waals surface area contributed by atoms with Crippen molar-refractivity contribution in [3.05, 3.63) is 35.9 Å². The van der Waals surface area contributed by atoms with E-state index in [2.05, 4.69) is 0 Å². The molecule has 0 aliphatic carbocycles. The van der Waals surface area contributed by atoms with Crippen LogP contribution < -0.4 is 5.46 Å². The van der Waals surface area contributed by atoms with Crippen molar-refractivity contribution < 1.29 is 19.9 Å². The van der Waals surface area contributed by atoms with Crippen LogP contribution >= 0.6 is 0 Å². The average Bonchev–Trinajstić information content (AvgIpc) is 2.15. The maximum atomic E-state index is 10.2. The fourth-order valence-electron chi connectivity index (χ4n) is 0.947. The zero-order valence-electron chi connectivity index (χ0n) is 7.29. The van der Waals surface area contributed by atoms with Gasteiger partial charge in [-0.2, -0.15) is 0 Å². The highest BCUT2D eigenvalue weighted by atomic mass is 16.4. The monoisotopic (exact) mass is 192 g/mol. The molecule has 0 aliphatic rings. The quantitative estimate of drug-likeness (QED) is 0.444. The minimum absolute atomic E-state index is 0.373. The topological polar surface area (TPSA) is 77.8 Å². The SMILES string of the molecule is O=C(O)/C=C\c1ccc(B(O)O)cc1. The Morgan fingerprint density at radius 3 is 2.21 bits per heavy atom. The van der Waals surface area contributed by atoms with Crippen LogP contribution in [0.4, 0.5) is 0 Å². The Labute approximate surface area is 81.3 Å². The van der Waals surface area contributed by atoms with Crippen molar-refractivity contribution in [1.29, 1.82) is 0 Å². The summed E-state index contributed by atoms with van der Waals surface area (Å²) < 4.78 is 0. The Bertz CT molecular complexity index is 342. The molecule has 0 heterocycles. The van der Waals surface area contributed by atoms with Crippen molar-refractivity contribution in [3.63, 3.8) is 0 Å². The van der Waals surface area contributed by atoms with Gasteiger partial charge in [0, 0.05) is 6.08 Å². The Morgan fingerprint density at radius 2 is 1.79 bits per heavy atom. The molecule has 1 rings (SSSR count). The maximum Gasteiger partial charge on any atom is 0.488 e. The van der Waals surface area contributed by atoms with Crippen LogP contribution in [0, 0.1) is 0 Å².